The Kier molecular flexibility index (Phi) is 3.08. The number of ether oxygens (including phenoxy) is 1. The quantitative estimate of drug-likeness (QED) is 0.696. The van der Waals surface area contributed by atoms with Crippen molar-refractivity contribution < 1.29 is 4.74 Å². The molecule has 0 spiro atoms. The first kappa shape index (κ1) is 10.3. The normalized spacial score (nSPS) is 16.7. The molecule has 1 aromatic rings. The summed E-state index contributed by atoms with van der Waals surface area (Å²) in [5, 5.41) is 0. The van der Waals surface area contributed by atoms with Gasteiger partial charge in [-0.2, -0.15) is 0 Å². The van der Waals surface area contributed by atoms with Gasteiger partial charge in [-0.25, -0.2) is 0 Å². The average Bonchev–Trinajstić information content (AvgIpc) is 2.30. The van der Waals surface area contributed by atoms with E-state index in [0.29, 0.717) is 6.54 Å². The van der Waals surface area contributed by atoms with Crippen LogP contribution in [0, 0.1) is 0 Å². The van der Waals surface area contributed by atoms with Gasteiger partial charge in [-0.15, -0.1) is 0 Å². The molecule has 4 nitrogen and oxygen atoms in total. The zero-order chi connectivity index (χ0) is 10.7. The van der Waals surface area contributed by atoms with Crippen LogP contribution in [-0.2, 0) is 11.3 Å². The fourth-order valence-electron chi connectivity index (χ4n) is 1.79. The van der Waals surface area contributed by atoms with Gasteiger partial charge in [0.2, 0.25) is 0 Å². The number of nitrogens with two attached hydrogens (primary N) is 2. The van der Waals surface area contributed by atoms with Crippen LogP contribution in [0.25, 0.3) is 0 Å². The standard InChI is InChI=1S/C11H17N3O/c12-8-9-1-2-10(7-11(9)13)14-3-5-15-6-4-14/h1-2,7H,3-6,8,12-13H2. The SMILES string of the molecule is NCc1ccc(N2CCOCC2)cc1N. The van der Waals surface area contributed by atoms with E-state index in [9.17, 15) is 0 Å². The first-order chi connectivity index (χ1) is 7.31. The summed E-state index contributed by atoms with van der Waals surface area (Å²) in [7, 11) is 0. The molecular weight excluding hydrogens is 190 g/mol. The number of nitrogens with zero attached hydrogens (tertiary/aromatic N) is 1. The third kappa shape index (κ3) is 2.22. The van der Waals surface area contributed by atoms with E-state index < -0.39 is 0 Å². The van der Waals surface area contributed by atoms with Crippen molar-refractivity contribution in [3.8, 4) is 0 Å². The molecule has 0 amide bonds. The van der Waals surface area contributed by atoms with Crippen LogP contribution in [0.1, 0.15) is 5.56 Å². The average molecular weight is 207 g/mol. The minimum Gasteiger partial charge on any atom is -0.398 e. The molecule has 1 fully saturated rings. The summed E-state index contributed by atoms with van der Waals surface area (Å²) in [6, 6.07) is 6.07. The van der Waals surface area contributed by atoms with Gasteiger partial charge in [0.05, 0.1) is 13.2 Å². The van der Waals surface area contributed by atoms with Crippen molar-refractivity contribution in [2.45, 2.75) is 6.54 Å². The molecule has 0 aliphatic carbocycles. The lowest BCUT2D eigenvalue weighted by Gasteiger charge is -2.29. The predicted molar refractivity (Wildman–Crippen MR) is 61.8 cm³/mol. The van der Waals surface area contributed by atoms with Crippen LogP contribution in [0.2, 0.25) is 0 Å². The molecule has 0 unspecified atom stereocenters. The summed E-state index contributed by atoms with van der Waals surface area (Å²) in [4.78, 5) is 2.28. The number of rotatable bonds is 2. The minimum absolute atomic E-state index is 0.495. The van der Waals surface area contributed by atoms with Gasteiger partial charge >= 0.3 is 0 Å². The largest absolute Gasteiger partial charge is 0.398 e. The molecule has 4 heteroatoms. The maximum Gasteiger partial charge on any atom is 0.0642 e. The Morgan fingerprint density at radius 2 is 2.00 bits per heavy atom. The first-order valence-electron chi connectivity index (χ1n) is 5.22. The molecular formula is C11H17N3O. The second-order valence-electron chi connectivity index (χ2n) is 3.69. The van der Waals surface area contributed by atoms with Crippen LogP contribution in [0.3, 0.4) is 0 Å². The van der Waals surface area contributed by atoms with Crippen molar-refractivity contribution in [2.24, 2.45) is 5.73 Å². The predicted octanol–water partition coefficient (Wildman–Crippen LogP) is 0.564. The van der Waals surface area contributed by atoms with Gasteiger partial charge in [0, 0.05) is 31.0 Å². The molecule has 0 aromatic heterocycles. The van der Waals surface area contributed by atoms with Crippen molar-refractivity contribution in [1.82, 2.24) is 0 Å². The van der Waals surface area contributed by atoms with Gasteiger partial charge in [-0.3, -0.25) is 0 Å². The van der Waals surface area contributed by atoms with E-state index in [-0.39, 0.29) is 0 Å². The summed E-state index contributed by atoms with van der Waals surface area (Å²) < 4.78 is 5.30. The molecule has 0 saturated carbocycles. The maximum atomic E-state index is 5.90. The Morgan fingerprint density at radius 1 is 1.27 bits per heavy atom. The number of hydrogen-bond acceptors (Lipinski definition) is 4. The van der Waals surface area contributed by atoms with Crippen molar-refractivity contribution in [3.63, 3.8) is 0 Å². The van der Waals surface area contributed by atoms with Crippen LogP contribution >= 0.6 is 0 Å². The highest BCUT2D eigenvalue weighted by molar-refractivity contribution is 5.60. The van der Waals surface area contributed by atoms with E-state index in [1.807, 2.05) is 12.1 Å². The van der Waals surface area contributed by atoms with Gasteiger partial charge in [-0.05, 0) is 17.7 Å². The lowest BCUT2D eigenvalue weighted by molar-refractivity contribution is 0.122. The Balaban J connectivity index is 2.17. The maximum absolute atomic E-state index is 5.90. The Morgan fingerprint density at radius 3 is 2.60 bits per heavy atom. The molecule has 82 valence electrons. The molecule has 0 bridgehead atoms. The topological polar surface area (TPSA) is 64.5 Å². The summed E-state index contributed by atoms with van der Waals surface area (Å²) >= 11 is 0. The summed E-state index contributed by atoms with van der Waals surface area (Å²) in [5.41, 5.74) is 14.4. The highest BCUT2D eigenvalue weighted by Crippen LogP contribution is 2.21. The molecule has 1 aliphatic rings. The number of morpholine rings is 1. The number of anilines is 2. The summed E-state index contributed by atoms with van der Waals surface area (Å²) in [5.74, 6) is 0. The third-order valence-electron chi connectivity index (χ3n) is 2.73. The zero-order valence-corrected chi connectivity index (χ0v) is 8.78. The van der Waals surface area contributed by atoms with Crippen molar-refractivity contribution in [1.29, 1.82) is 0 Å². The van der Waals surface area contributed by atoms with Crippen molar-refractivity contribution in [2.75, 3.05) is 36.9 Å². The zero-order valence-electron chi connectivity index (χ0n) is 8.78. The Bertz CT molecular complexity index is 335. The van der Waals surface area contributed by atoms with Crippen LogP contribution in [-0.4, -0.2) is 26.3 Å². The van der Waals surface area contributed by atoms with Gasteiger partial charge < -0.3 is 21.1 Å². The van der Waals surface area contributed by atoms with Gasteiger partial charge in [0.1, 0.15) is 0 Å². The smallest absolute Gasteiger partial charge is 0.0642 e. The Labute approximate surface area is 89.8 Å². The molecule has 1 heterocycles. The second kappa shape index (κ2) is 4.51. The summed E-state index contributed by atoms with van der Waals surface area (Å²) in [6.45, 7) is 3.94. The van der Waals surface area contributed by atoms with E-state index in [1.54, 1.807) is 0 Å². The number of benzene rings is 1. The first-order valence-corrected chi connectivity index (χ1v) is 5.22. The lowest BCUT2D eigenvalue weighted by atomic mass is 10.1. The van der Waals surface area contributed by atoms with Crippen LogP contribution in [0.5, 0.6) is 0 Å². The van der Waals surface area contributed by atoms with Crippen LogP contribution in [0.15, 0.2) is 18.2 Å². The monoisotopic (exact) mass is 207 g/mol. The molecule has 1 aromatic carbocycles. The van der Waals surface area contributed by atoms with E-state index in [0.717, 1.165) is 43.2 Å². The minimum atomic E-state index is 0.495. The highest BCUT2D eigenvalue weighted by Gasteiger charge is 2.11. The molecule has 15 heavy (non-hydrogen) atoms. The highest BCUT2D eigenvalue weighted by atomic mass is 16.5. The Hall–Kier alpha value is -1.26. The van der Waals surface area contributed by atoms with Gasteiger partial charge in [0.15, 0.2) is 0 Å². The molecule has 2 rings (SSSR count). The molecule has 1 aliphatic heterocycles. The van der Waals surface area contributed by atoms with Crippen molar-refractivity contribution in [3.05, 3.63) is 23.8 Å². The van der Waals surface area contributed by atoms with Crippen molar-refractivity contribution >= 4 is 11.4 Å². The van der Waals surface area contributed by atoms with E-state index in [4.69, 9.17) is 16.2 Å². The number of nitrogen functional groups attached to an aromatic ring is 1. The fraction of sp³-hybridized carbons (Fsp3) is 0.455. The van der Waals surface area contributed by atoms with Crippen LogP contribution in [0.4, 0.5) is 11.4 Å². The fourth-order valence-corrected chi connectivity index (χ4v) is 1.79. The second-order valence-corrected chi connectivity index (χ2v) is 3.69. The molecule has 0 atom stereocenters. The molecule has 4 N–H and O–H groups in total. The lowest BCUT2D eigenvalue weighted by Crippen LogP contribution is -2.36. The molecule has 1 saturated heterocycles. The third-order valence-corrected chi connectivity index (χ3v) is 2.73. The van der Waals surface area contributed by atoms with E-state index >= 15 is 0 Å². The van der Waals surface area contributed by atoms with E-state index in [2.05, 4.69) is 11.0 Å². The summed E-state index contributed by atoms with van der Waals surface area (Å²) in [6.07, 6.45) is 0. The molecule has 0 radical (unpaired) electrons. The van der Waals surface area contributed by atoms with Gasteiger partial charge in [-0.1, -0.05) is 6.07 Å². The van der Waals surface area contributed by atoms with Gasteiger partial charge in [0.25, 0.3) is 0 Å². The number of hydrogen-bond donors (Lipinski definition) is 2. The van der Waals surface area contributed by atoms with Crippen LogP contribution < -0.4 is 16.4 Å². The van der Waals surface area contributed by atoms with E-state index in [1.165, 1.54) is 0 Å².